The predicted molar refractivity (Wildman–Crippen MR) is 58.9 cm³/mol. The van der Waals surface area contributed by atoms with Crippen LogP contribution in [-0.2, 0) is 12.8 Å². The molecule has 1 aromatic rings. The largest absolute Gasteiger partial charge is 0.0613 e. The van der Waals surface area contributed by atoms with Crippen LogP contribution in [0, 0.1) is 5.92 Å². The van der Waals surface area contributed by atoms with Gasteiger partial charge in [0.15, 0.2) is 0 Å². The van der Waals surface area contributed by atoms with Gasteiger partial charge in [0.1, 0.15) is 0 Å². The Hall–Kier alpha value is -0.780. The van der Waals surface area contributed by atoms with Crippen LogP contribution in [0.25, 0.3) is 0 Å². The van der Waals surface area contributed by atoms with Crippen molar-refractivity contribution in [2.45, 2.75) is 40.5 Å². The molecule has 0 aromatic heterocycles. The number of rotatable bonds is 3. The highest BCUT2D eigenvalue weighted by molar-refractivity contribution is 5.37. The summed E-state index contributed by atoms with van der Waals surface area (Å²) < 4.78 is 0. The van der Waals surface area contributed by atoms with Crippen molar-refractivity contribution in [3.8, 4) is 0 Å². The van der Waals surface area contributed by atoms with Crippen LogP contribution in [0.1, 0.15) is 44.4 Å². The van der Waals surface area contributed by atoms with Gasteiger partial charge in [-0.05, 0) is 35.4 Å². The molecule has 0 bridgehead atoms. The Kier molecular flexibility index (Phi) is 3.53. The van der Waals surface area contributed by atoms with Gasteiger partial charge in [0.05, 0.1) is 0 Å². The maximum atomic E-state index is 2.31. The molecular formula is C13H19. The molecule has 0 heteroatoms. The summed E-state index contributed by atoms with van der Waals surface area (Å²) >= 11 is 0. The first-order valence-electron chi connectivity index (χ1n) is 5.10. The molecule has 0 spiro atoms. The molecule has 0 aliphatic carbocycles. The fourth-order valence-electron chi connectivity index (χ4n) is 1.46. The van der Waals surface area contributed by atoms with Gasteiger partial charge in [0.2, 0.25) is 0 Å². The van der Waals surface area contributed by atoms with Crippen molar-refractivity contribution in [2.75, 3.05) is 0 Å². The average Bonchev–Trinajstić information content (AvgIpc) is 2.16. The predicted octanol–water partition coefficient (Wildman–Crippen LogP) is 3.77. The van der Waals surface area contributed by atoms with Gasteiger partial charge >= 0.3 is 0 Å². The Morgan fingerprint density at radius 2 is 1.38 bits per heavy atom. The fourth-order valence-corrected chi connectivity index (χ4v) is 1.46. The first kappa shape index (κ1) is 10.3. The summed E-state index contributed by atoms with van der Waals surface area (Å²) in [6, 6.07) is 6.91. The van der Waals surface area contributed by atoms with E-state index in [1.807, 2.05) is 0 Å². The van der Waals surface area contributed by atoms with Crippen LogP contribution in [0.2, 0.25) is 0 Å². The van der Waals surface area contributed by atoms with Crippen molar-refractivity contribution in [2.24, 2.45) is 0 Å². The molecule has 0 unspecified atom stereocenters. The fraction of sp³-hybridized carbons (Fsp3) is 0.462. The van der Waals surface area contributed by atoms with Gasteiger partial charge < -0.3 is 0 Å². The highest BCUT2D eigenvalue weighted by atomic mass is 14.1. The number of aryl methyl sites for hydroxylation is 2. The van der Waals surface area contributed by atoms with Gasteiger partial charge in [-0.15, -0.1) is 0 Å². The van der Waals surface area contributed by atoms with E-state index < -0.39 is 0 Å². The molecule has 1 aromatic carbocycles. The maximum absolute atomic E-state index is 2.31. The highest BCUT2D eigenvalue weighted by Gasteiger charge is 2.02. The quantitative estimate of drug-likeness (QED) is 0.656. The van der Waals surface area contributed by atoms with Crippen molar-refractivity contribution in [3.63, 3.8) is 0 Å². The summed E-state index contributed by atoms with van der Waals surface area (Å²) in [7, 11) is 0. The third-order valence-corrected chi connectivity index (χ3v) is 2.45. The third kappa shape index (κ3) is 2.58. The van der Waals surface area contributed by atoms with E-state index in [1.165, 1.54) is 22.6 Å². The minimum Gasteiger partial charge on any atom is -0.0613 e. The van der Waals surface area contributed by atoms with Crippen molar-refractivity contribution in [3.05, 3.63) is 40.8 Å². The van der Waals surface area contributed by atoms with Gasteiger partial charge in [-0.2, -0.15) is 0 Å². The number of benzene rings is 1. The average molecular weight is 175 g/mol. The van der Waals surface area contributed by atoms with Crippen molar-refractivity contribution < 1.29 is 0 Å². The minimum atomic E-state index is 1.13. The van der Waals surface area contributed by atoms with E-state index in [0.29, 0.717) is 0 Å². The van der Waals surface area contributed by atoms with E-state index in [9.17, 15) is 0 Å². The second-order valence-electron chi connectivity index (χ2n) is 3.75. The topological polar surface area (TPSA) is 0 Å². The lowest BCUT2D eigenvalue weighted by atomic mass is 9.96. The van der Waals surface area contributed by atoms with Gasteiger partial charge in [-0.25, -0.2) is 0 Å². The summed E-state index contributed by atoms with van der Waals surface area (Å²) in [6.45, 7) is 8.77. The number of hydrogen-bond donors (Lipinski definition) is 0. The Morgan fingerprint density at radius 3 is 1.69 bits per heavy atom. The van der Waals surface area contributed by atoms with Crippen LogP contribution in [0.3, 0.4) is 0 Å². The number of hydrogen-bond acceptors (Lipinski definition) is 0. The smallest absolute Gasteiger partial charge is 0.00118 e. The molecule has 0 saturated heterocycles. The van der Waals surface area contributed by atoms with E-state index in [-0.39, 0.29) is 0 Å². The molecule has 0 amide bonds. The van der Waals surface area contributed by atoms with Gasteiger partial charge in [-0.3, -0.25) is 0 Å². The second-order valence-corrected chi connectivity index (χ2v) is 3.75. The summed E-state index contributed by atoms with van der Waals surface area (Å²) in [6.07, 6.45) is 2.27. The van der Waals surface area contributed by atoms with Crippen LogP contribution >= 0.6 is 0 Å². The standard InChI is InChI=1S/C13H19/c1-5-11-7-12(6-2)9-13(8-11)10(3)4/h7-9H,5-6H2,1-4H3. The lowest BCUT2D eigenvalue weighted by Gasteiger charge is -2.09. The normalized spacial score (nSPS) is 10.8. The molecule has 0 aliphatic rings. The monoisotopic (exact) mass is 175 g/mol. The molecular weight excluding hydrogens is 156 g/mol. The maximum Gasteiger partial charge on any atom is -0.00118 e. The lowest BCUT2D eigenvalue weighted by molar-refractivity contribution is 1.05. The first-order valence-corrected chi connectivity index (χ1v) is 5.10. The molecule has 0 atom stereocenters. The summed E-state index contributed by atoms with van der Waals surface area (Å²) in [5.41, 5.74) is 4.31. The Balaban J connectivity index is 3.07. The molecule has 0 nitrogen and oxygen atoms in total. The van der Waals surface area contributed by atoms with E-state index in [0.717, 1.165) is 12.8 Å². The zero-order chi connectivity index (χ0) is 9.84. The van der Waals surface area contributed by atoms with Crippen LogP contribution in [-0.4, -0.2) is 0 Å². The molecule has 0 N–H and O–H groups in total. The first-order chi connectivity index (χ1) is 6.17. The SMILES string of the molecule is CCc1cc(CC)cc([C](C)C)c1. The Labute approximate surface area is 82.0 Å². The van der Waals surface area contributed by atoms with Gasteiger partial charge in [0.25, 0.3) is 0 Å². The molecule has 71 valence electrons. The summed E-state index contributed by atoms with van der Waals surface area (Å²) in [4.78, 5) is 0. The highest BCUT2D eigenvalue weighted by Crippen LogP contribution is 2.18. The molecule has 1 radical (unpaired) electrons. The van der Waals surface area contributed by atoms with E-state index in [1.54, 1.807) is 0 Å². The van der Waals surface area contributed by atoms with Crippen LogP contribution in [0.5, 0.6) is 0 Å². The molecule has 13 heavy (non-hydrogen) atoms. The van der Waals surface area contributed by atoms with Gasteiger partial charge in [0, 0.05) is 0 Å². The third-order valence-electron chi connectivity index (χ3n) is 2.45. The van der Waals surface area contributed by atoms with Crippen molar-refractivity contribution in [1.29, 1.82) is 0 Å². The molecule has 0 fully saturated rings. The molecule has 1 rings (SSSR count). The van der Waals surface area contributed by atoms with Crippen LogP contribution in [0.15, 0.2) is 18.2 Å². The minimum absolute atomic E-state index is 1.13. The zero-order valence-corrected chi connectivity index (χ0v) is 9.15. The lowest BCUT2D eigenvalue weighted by Crippen LogP contribution is -1.94. The van der Waals surface area contributed by atoms with Crippen LogP contribution < -0.4 is 0 Å². The van der Waals surface area contributed by atoms with Crippen LogP contribution in [0.4, 0.5) is 0 Å². The van der Waals surface area contributed by atoms with Crippen molar-refractivity contribution >= 4 is 0 Å². The Bertz CT molecular complexity index is 249. The zero-order valence-electron chi connectivity index (χ0n) is 9.15. The summed E-state index contributed by atoms with van der Waals surface area (Å²) in [5, 5.41) is 0. The molecule has 0 saturated carbocycles. The van der Waals surface area contributed by atoms with Crippen molar-refractivity contribution in [1.82, 2.24) is 0 Å². The van der Waals surface area contributed by atoms with E-state index in [4.69, 9.17) is 0 Å². The molecule has 0 aliphatic heterocycles. The van der Waals surface area contributed by atoms with Gasteiger partial charge in [-0.1, -0.05) is 45.9 Å². The van der Waals surface area contributed by atoms with E-state index in [2.05, 4.69) is 45.9 Å². The second kappa shape index (κ2) is 4.45. The van der Waals surface area contributed by atoms with E-state index >= 15 is 0 Å². The summed E-state index contributed by atoms with van der Waals surface area (Å²) in [5.74, 6) is 1.41. The Morgan fingerprint density at radius 1 is 0.923 bits per heavy atom. The molecule has 0 heterocycles.